The Kier molecular flexibility index (Phi) is 2.73. The van der Waals surface area contributed by atoms with E-state index in [2.05, 4.69) is 6.07 Å². The first-order chi connectivity index (χ1) is 7.61. The molecule has 3 nitrogen and oxygen atoms in total. The lowest BCUT2D eigenvalue weighted by atomic mass is 10.1. The van der Waals surface area contributed by atoms with Crippen LogP contribution in [0, 0.1) is 17.2 Å². The van der Waals surface area contributed by atoms with Crippen molar-refractivity contribution >= 4 is 9.84 Å². The molecule has 16 heavy (non-hydrogen) atoms. The molecule has 0 spiro atoms. The maximum Gasteiger partial charge on any atom is 0.154 e. The van der Waals surface area contributed by atoms with Gasteiger partial charge in [-0.2, -0.15) is 5.26 Å². The third-order valence-electron chi connectivity index (χ3n) is 3.10. The summed E-state index contributed by atoms with van der Waals surface area (Å²) in [6.45, 7) is 1.63. The van der Waals surface area contributed by atoms with E-state index in [-0.39, 0.29) is 17.6 Å². The third-order valence-corrected chi connectivity index (χ3v) is 5.33. The van der Waals surface area contributed by atoms with Gasteiger partial charge in [0, 0.05) is 11.7 Å². The monoisotopic (exact) mass is 235 g/mol. The summed E-state index contributed by atoms with van der Waals surface area (Å²) in [7, 11) is -3.11. The van der Waals surface area contributed by atoms with Crippen molar-refractivity contribution in [2.45, 2.75) is 18.1 Å². The van der Waals surface area contributed by atoms with Crippen LogP contribution in [0.4, 0.5) is 0 Å². The van der Waals surface area contributed by atoms with Crippen molar-refractivity contribution in [3.05, 3.63) is 35.9 Å². The number of nitrogens with zero attached hydrogens (tertiary/aromatic N) is 1. The molecule has 1 fully saturated rings. The Morgan fingerprint density at radius 3 is 2.44 bits per heavy atom. The van der Waals surface area contributed by atoms with E-state index < -0.39 is 15.1 Å². The molecular weight excluding hydrogens is 222 g/mol. The number of hydrogen-bond donors (Lipinski definition) is 0. The second kappa shape index (κ2) is 3.91. The maximum atomic E-state index is 11.8. The molecule has 0 aliphatic heterocycles. The van der Waals surface area contributed by atoms with Gasteiger partial charge in [0.2, 0.25) is 0 Å². The van der Waals surface area contributed by atoms with Gasteiger partial charge in [0.1, 0.15) is 0 Å². The smallest absolute Gasteiger partial charge is 0.154 e. The average molecular weight is 235 g/mol. The highest BCUT2D eigenvalue weighted by Gasteiger charge is 2.58. The number of rotatable bonds is 3. The minimum Gasteiger partial charge on any atom is -0.228 e. The fraction of sp³-hybridized carbons (Fsp3) is 0.417. The lowest BCUT2D eigenvalue weighted by Crippen LogP contribution is -2.12. The number of nitriles is 1. The van der Waals surface area contributed by atoms with Crippen molar-refractivity contribution in [1.82, 2.24) is 0 Å². The zero-order valence-electron chi connectivity index (χ0n) is 9.00. The molecule has 84 valence electrons. The van der Waals surface area contributed by atoms with E-state index in [4.69, 9.17) is 5.26 Å². The second-order valence-corrected chi connectivity index (χ2v) is 6.45. The van der Waals surface area contributed by atoms with Crippen molar-refractivity contribution in [2.75, 3.05) is 5.75 Å². The molecule has 0 radical (unpaired) electrons. The summed E-state index contributed by atoms with van der Waals surface area (Å²) in [6.07, 6.45) is 0. The lowest BCUT2D eigenvalue weighted by molar-refractivity contribution is 0.594. The summed E-state index contributed by atoms with van der Waals surface area (Å²) >= 11 is 0. The maximum absolute atomic E-state index is 11.8. The molecule has 1 aromatic carbocycles. The van der Waals surface area contributed by atoms with Crippen molar-refractivity contribution in [3.63, 3.8) is 0 Å². The van der Waals surface area contributed by atoms with Crippen molar-refractivity contribution in [3.8, 4) is 6.07 Å². The summed E-state index contributed by atoms with van der Waals surface area (Å²) in [6, 6.07) is 11.5. The molecule has 1 aliphatic carbocycles. The van der Waals surface area contributed by atoms with E-state index in [1.807, 2.05) is 30.3 Å². The molecule has 1 aromatic rings. The van der Waals surface area contributed by atoms with E-state index in [9.17, 15) is 8.42 Å². The van der Waals surface area contributed by atoms with E-state index >= 15 is 0 Å². The molecule has 0 N–H and O–H groups in total. The SMILES string of the molecule is CCS(=O)(=O)[C@@H]1[C@@H](C#N)[C@H]1c1ccccc1. The quantitative estimate of drug-likeness (QED) is 0.801. The van der Waals surface area contributed by atoms with Crippen LogP contribution in [-0.4, -0.2) is 19.4 Å². The van der Waals surface area contributed by atoms with Crippen LogP contribution in [0.5, 0.6) is 0 Å². The molecule has 0 saturated heterocycles. The minimum absolute atomic E-state index is 0.110. The van der Waals surface area contributed by atoms with Crippen molar-refractivity contribution in [2.24, 2.45) is 5.92 Å². The molecule has 0 amide bonds. The Balaban J connectivity index is 2.31. The predicted molar refractivity (Wildman–Crippen MR) is 61.5 cm³/mol. The van der Waals surface area contributed by atoms with Crippen LogP contribution in [0.3, 0.4) is 0 Å². The van der Waals surface area contributed by atoms with Gasteiger partial charge in [-0.15, -0.1) is 0 Å². The van der Waals surface area contributed by atoms with Crippen LogP contribution in [-0.2, 0) is 9.84 Å². The van der Waals surface area contributed by atoms with E-state index in [0.717, 1.165) is 5.56 Å². The van der Waals surface area contributed by atoms with Gasteiger partial charge < -0.3 is 0 Å². The van der Waals surface area contributed by atoms with Gasteiger partial charge in [-0.25, -0.2) is 8.42 Å². The van der Waals surface area contributed by atoms with Gasteiger partial charge in [0.25, 0.3) is 0 Å². The Morgan fingerprint density at radius 2 is 1.94 bits per heavy atom. The highest BCUT2D eigenvalue weighted by molar-refractivity contribution is 7.92. The lowest BCUT2D eigenvalue weighted by Gasteiger charge is -1.99. The van der Waals surface area contributed by atoms with E-state index in [1.165, 1.54) is 0 Å². The average Bonchev–Trinajstić information content (AvgIpc) is 3.05. The Hall–Kier alpha value is -1.34. The highest BCUT2D eigenvalue weighted by Crippen LogP contribution is 2.51. The van der Waals surface area contributed by atoms with Crippen LogP contribution >= 0.6 is 0 Å². The van der Waals surface area contributed by atoms with Crippen LogP contribution in [0.1, 0.15) is 18.4 Å². The fourth-order valence-corrected chi connectivity index (χ4v) is 3.89. The van der Waals surface area contributed by atoms with Crippen LogP contribution < -0.4 is 0 Å². The van der Waals surface area contributed by atoms with Crippen LogP contribution in [0.25, 0.3) is 0 Å². The summed E-state index contributed by atoms with van der Waals surface area (Å²) in [5, 5.41) is 8.46. The molecule has 1 saturated carbocycles. The molecule has 0 unspecified atom stereocenters. The van der Waals surface area contributed by atoms with E-state index in [1.54, 1.807) is 6.92 Å². The van der Waals surface area contributed by atoms with Gasteiger partial charge in [0.15, 0.2) is 9.84 Å². The number of hydrogen-bond acceptors (Lipinski definition) is 3. The van der Waals surface area contributed by atoms with Crippen molar-refractivity contribution < 1.29 is 8.42 Å². The van der Waals surface area contributed by atoms with E-state index in [0.29, 0.717) is 0 Å². The number of sulfone groups is 1. The zero-order valence-corrected chi connectivity index (χ0v) is 9.81. The summed E-state index contributed by atoms with van der Waals surface area (Å²) in [4.78, 5) is 0. The fourth-order valence-electron chi connectivity index (χ4n) is 2.15. The Bertz CT molecular complexity index is 516. The topological polar surface area (TPSA) is 57.9 Å². The third kappa shape index (κ3) is 1.72. The molecule has 0 bridgehead atoms. The van der Waals surface area contributed by atoms with Gasteiger partial charge >= 0.3 is 0 Å². The van der Waals surface area contributed by atoms with Gasteiger partial charge in [-0.1, -0.05) is 37.3 Å². The minimum atomic E-state index is -3.11. The van der Waals surface area contributed by atoms with Crippen molar-refractivity contribution in [1.29, 1.82) is 5.26 Å². The normalized spacial score (nSPS) is 28.4. The predicted octanol–water partition coefficient (Wildman–Crippen LogP) is 1.73. The largest absolute Gasteiger partial charge is 0.228 e. The van der Waals surface area contributed by atoms with Crippen LogP contribution in [0.2, 0.25) is 0 Å². The molecule has 0 heterocycles. The first-order valence-electron chi connectivity index (χ1n) is 5.28. The molecule has 1 aliphatic rings. The van der Waals surface area contributed by atoms with Gasteiger partial charge in [0.05, 0.1) is 17.2 Å². The van der Waals surface area contributed by atoms with Gasteiger partial charge in [-0.3, -0.25) is 0 Å². The molecule has 3 atom stereocenters. The molecule has 0 aromatic heterocycles. The van der Waals surface area contributed by atoms with Crippen LogP contribution in [0.15, 0.2) is 30.3 Å². The molecule has 2 rings (SSSR count). The van der Waals surface area contributed by atoms with Gasteiger partial charge in [-0.05, 0) is 5.56 Å². The first kappa shape index (κ1) is 11.2. The Morgan fingerprint density at radius 1 is 1.31 bits per heavy atom. The summed E-state index contributed by atoms with van der Waals surface area (Å²) in [5.41, 5.74) is 0.955. The second-order valence-electron chi connectivity index (χ2n) is 4.01. The molecular formula is C12H13NO2S. The summed E-state index contributed by atoms with van der Waals surface area (Å²) in [5.74, 6) is -0.386. The summed E-state index contributed by atoms with van der Waals surface area (Å²) < 4.78 is 23.5. The standard InChI is InChI=1S/C12H13NO2S/c1-2-16(14,15)12-10(8-13)11(12)9-6-4-3-5-7-9/h3-7,10-12H,2H2,1H3/t10-,11+,12+/m0/s1. The highest BCUT2D eigenvalue weighted by atomic mass is 32.2. The molecule has 4 heteroatoms. The Labute approximate surface area is 95.6 Å². The number of benzene rings is 1. The first-order valence-corrected chi connectivity index (χ1v) is 6.99. The zero-order chi connectivity index (χ0) is 11.8.